The van der Waals surface area contributed by atoms with E-state index in [-0.39, 0.29) is 18.7 Å². The van der Waals surface area contributed by atoms with Gasteiger partial charge in [-0.15, -0.1) is 0 Å². The van der Waals surface area contributed by atoms with E-state index in [4.69, 9.17) is 9.52 Å². The number of rotatable bonds is 8. The summed E-state index contributed by atoms with van der Waals surface area (Å²) in [6.07, 6.45) is 2.78. The van der Waals surface area contributed by atoms with Crippen molar-refractivity contribution in [2.24, 2.45) is 5.92 Å². The van der Waals surface area contributed by atoms with E-state index in [0.717, 1.165) is 30.8 Å². The number of amides is 2. The summed E-state index contributed by atoms with van der Waals surface area (Å²) in [5.74, 6) is 1.91. The van der Waals surface area contributed by atoms with Gasteiger partial charge in [-0.2, -0.15) is 0 Å². The highest BCUT2D eigenvalue weighted by Crippen LogP contribution is 2.15. The Morgan fingerprint density at radius 3 is 2.70 bits per heavy atom. The molecular weight excluding hydrogens is 256 g/mol. The topological polar surface area (TPSA) is 74.5 Å². The Bertz CT molecular complexity index is 398. The zero-order valence-electron chi connectivity index (χ0n) is 12.6. The molecule has 2 amide bonds. The molecule has 0 fully saturated rings. The van der Waals surface area contributed by atoms with Gasteiger partial charge in [0.25, 0.3) is 0 Å². The zero-order chi connectivity index (χ0) is 15.0. The number of urea groups is 1. The van der Waals surface area contributed by atoms with Crippen molar-refractivity contribution in [1.29, 1.82) is 0 Å². The fourth-order valence-electron chi connectivity index (χ4n) is 2.18. The minimum atomic E-state index is -0.203. The number of carbonyl (C=O) groups is 1. The SMILES string of the molecule is CCCC(CCO)CNC(=O)NC(C)c1ccc(C)o1. The van der Waals surface area contributed by atoms with Crippen molar-refractivity contribution < 1.29 is 14.3 Å². The second-order valence-corrected chi connectivity index (χ2v) is 5.19. The summed E-state index contributed by atoms with van der Waals surface area (Å²) >= 11 is 0. The third kappa shape index (κ3) is 5.65. The molecule has 1 aromatic heterocycles. The number of hydrogen-bond donors (Lipinski definition) is 3. The minimum absolute atomic E-state index is 0.161. The van der Waals surface area contributed by atoms with Crippen molar-refractivity contribution in [3.05, 3.63) is 23.7 Å². The Balaban J connectivity index is 2.35. The summed E-state index contributed by atoms with van der Waals surface area (Å²) in [4.78, 5) is 11.8. The van der Waals surface area contributed by atoms with Crippen LogP contribution in [0, 0.1) is 12.8 Å². The average Bonchev–Trinajstić information content (AvgIpc) is 2.83. The molecule has 0 spiro atoms. The van der Waals surface area contributed by atoms with E-state index in [0.29, 0.717) is 12.5 Å². The number of hydrogen-bond acceptors (Lipinski definition) is 3. The Hall–Kier alpha value is -1.49. The van der Waals surface area contributed by atoms with Crippen LogP contribution in [-0.2, 0) is 0 Å². The molecule has 1 aromatic rings. The number of aliphatic hydroxyl groups is 1. The van der Waals surface area contributed by atoms with E-state index in [1.807, 2.05) is 26.0 Å². The molecule has 0 bridgehead atoms. The van der Waals surface area contributed by atoms with Gasteiger partial charge < -0.3 is 20.2 Å². The third-order valence-corrected chi connectivity index (χ3v) is 3.32. The van der Waals surface area contributed by atoms with Gasteiger partial charge in [0, 0.05) is 13.2 Å². The number of aliphatic hydroxyl groups excluding tert-OH is 1. The lowest BCUT2D eigenvalue weighted by atomic mass is 10.0. The largest absolute Gasteiger partial charge is 0.464 e. The van der Waals surface area contributed by atoms with Gasteiger partial charge in [-0.05, 0) is 44.7 Å². The number of carbonyl (C=O) groups excluding carboxylic acids is 1. The second kappa shape index (κ2) is 8.64. The van der Waals surface area contributed by atoms with Crippen LogP contribution < -0.4 is 10.6 Å². The van der Waals surface area contributed by atoms with E-state index in [1.54, 1.807) is 0 Å². The van der Waals surface area contributed by atoms with Crippen molar-refractivity contribution in [3.63, 3.8) is 0 Å². The lowest BCUT2D eigenvalue weighted by Crippen LogP contribution is -2.39. The van der Waals surface area contributed by atoms with Crippen LogP contribution >= 0.6 is 0 Å². The Labute approximate surface area is 120 Å². The normalized spacial score (nSPS) is 13.8. The molecule has 20 heavy (non-hydrogen) atoms. The van der Waals surface area contributed by atoms with Crippen molar-refractivity contribution in [2.75, 3.05) is 13.2 Å². The summed E-state index contributed by atoms with van der Waals surface area (Å²) in [6, 6.07) is 3.38. The highest BCUT2D eigenvalue weighted by molar-refractivity contribution is 5.74. The Morgan fingerprint density at radius 2 is 2.15 bits per heavy atom. The summed E-state index contributed by atoms with van der Waals surface area (Å²) < 4.78 is 5.47. The van der Waals surface area contributed by atoms with Gasteiger partial charge in [0.05, 0.1) is 6.04 Å². The maximum Gasteiger partial charge on any atom is 0.315 e. The lowest BCUT2D eigenvalue weighted by molar-refractivity contribution is 0.225. The molecular formula is C15H26N2O3. The molecule has 1 heterocycles. The number of furan rings is 1. The van der Waals surface area contributed by atoms with Crippen LogP contribution in [0.4, 0.5) is 4.79 Å². The first-order valence-electron chi connectivity index (χ1n) is 7.28. The van der Waals surface area contributed by atoms with Crippen LogP contribution in [0.5, 0.6) is 0 Å². The molecule has 0 aromatic carbocycles. The molecule has 0 aliphatic carbocycles. The maximum absolute atomic E-state index is 11.8. The molecule has 0 aliphatic heterocycles. The van der Waals surface area contributed by atoms with Gasteiger partial charge in [0.2, 0.25) is 0 Å². The van der Waals surface area contributed by atoms with Crippen molar-refractivity contribution in [3.8, 4) is 0 Å². The van der Waals surface area contributed by atoms with Crippen LogP contribution in [0.1, 0.15) is 50.7 Å². The number of aryl methyl sites for hydroxylation is 1. The summed E-state index contributed by atoms with van der Waals surface area (Å²) in [6.45, 7) is 6.61. The highest BCUT2D eigenvalue weighted by atomic mass is 16.3. The molecule has 1 rings (SSSR count). The van der Waals surface area contributed by atoms with Crippen molar-refractivity contribution >= 4 is 6.03 Å². The van der Waals surface area contributed by atoms with Crippen LogP contribution in [0.15, 0.2) is 16.5 Å². The number of nitrogens with one attached hydrogen (secondary N) is 2. The summed E-state index contributed by atoms with van der Waals surface area (Å²) in [5.41, 5.74) is 0. The van der Waals surface area contributed by atoms with Crippen LogP contribution in [0.25, 0.3) is 0 Å². The van der Waals surface area contributed by atoms with Crippen molar-refractivity contribution in [2.45, 2.75) is 46.1 Å². The van der Waals surface area contributed by atoms with Gasteiger partial charge in [-0.3, -0.25) is 0 Å². The van der Waals surface area contributed by atoms with E-state index < -0.39 is 0 Å². The summed E-state index contributed by atoms with van der Waals surface area (Å²) in [5, 5.41) is 14.7. The van der Waals surface area contributed by atoms with E-state index in [2.05, 4.69) is 17.6 Å². The Morgan fingerprint density at radius 1 is 1.40 bits per heavy atom. The third-order valence-electron chi connectivity index (χ3n) is 3.32. The zero-order valence-corrected chi connectivity index (χ0v) is 12.6. The monoisotopic (exact) mass is 282 g/mol. The predicted octanol–water partition coefficient (Wildman–Crippen LogP) is 2.75. The molecule has 0 radical (unpaired) electrons. The minimum Gasteiger partial charge on any atom is -0.464 e. The smallest absolute Gasteiger partial charge is 0.315 e. The fraction of sp³-hybridized carbons (Fsp3) is 0.667. The van der Waals surface area contributed by atoms with E-state index in [1.165, 1.54) is 0 Å². The van der Waals surface area contributed by atoms with Crippen LogP contribution in [0.2, 0.25) is 0 Å². The van der Waals surface area contributed by atoms with Gasteiger partial charge in [-0.25, -0.2) is 4.79 Å². The van der Waals surface area contributed by atoms with E-state index >= 15 is 0 Å². The lowest BCUT2D eigenvalue weighted by Gasteiger charge is -2.17. The van der Waals surface area contributed by atoms with Gasteiger partial charge in [0.15, 0.2) is 0 Å². The molecule has 5 heteroatoms. The maximum atomic E-state index is 11.8. The summed E-state index contributed by atoms with van der Waals surface area (Å²) in [7, 11) is 0. The fourth-order valence-corrected chi connectivity index (χ4v) is 2.18. The van der Waals surface area contributed by atoms with Crippen LogP contribution in [0.3, 0.4) is 0 Å². The Kier molecular flexibility index (Phi) is 7.15. The standard InChI is InChI=1S/C15H26N2O3/c1-4-5-13(8-9-18)10-16-15(19)17-12(3)14-7-6-11(2)20-14/h6-7,12-13,18H,4-5,8-10H2,1-3H3,(H2,16,17,19). The van der Waals surface area contributed by atoms with Gasteiger partial charge in [-0.1, -0.05) is 13.3 Å². The molecule has 0 saturated heterocycles. The highest BCUT2D eigenvalue weighted by Gasteiger charge is 2.14. The van der Waals surface area contributed by atoms with Crippen molar-refractivity contribution in [1.82, 2.24) is 10.6 Å². The molecule has 3 N–H and O–H groups in total. The molecule has 114 valence electrons. The first-order valence-corrected chi connectivity index (χ1v) is 7.28. The average molecular weight is 282 g/mol. The predicted molar refractivity (Wildman–Crippen MR) is 78.5 cm³/mol. The first kappa shape index (κ1) is 16.6. The quantitative estimate of drug-likeness (QED) is 0.686. The molecule has 0 aliphatic rings. The molecule has 2 atom stereocenters. The van der Waals surface area contributed by atoms with Gasteiger partial charge in [0.1, 0.15) is 11.5 Å². The second-order valence-electron chi connectivity index (χ2n) is 5.19. The molecule has 2 unspecified atom stereocenters. The first-order chi connectivity index (χ1) is 9.56. The van der Waals surface area contributed by atoms with E-state index in [9.17, 15) is 4.79 Å². The molecule has 0 saturated carbocycles. The van der Waals surface area contributed by atoms with Gasteiger partial charge >= 0.3 is 6.03 Å². The van der Waals surface area contributed by atoms with Crippen LogP contribution in [-0.4, -0.2) is 24.3 Å². The molecule has 5 nitrogen and oxygen atoms in total.